The summed E-state index contributed by atoms with van der Waals surface area (Å²) in [5, 5.41) is 15.0. The molecule has 1 amide bonds. The topological polar surface area (TPSA) is 113 Å². The lowest BCUT2D eigenvalue weighted by Gasteiger charge is -2.19. The van der Waals surface area contributed by atoms with Crippen LogP contribution in [0.1, 0.15) is 16.7 Å². The summed E-state index contributed by atoms with van der Waals surface area (Å²) in [4.78, 5) is 36.5. The average molecular weight is 483 g/mol. The smallest absolute Gasteiger partial charge is 0.340 e. The molecule has 2 heterocycles. The summed E-state index contributed by atoms with van der Waals surface area (Å²) >= 11 is 1.25. The second-order valence-electron chi connectivity index (χ2n) is 7.98. The van der Waals surface area contributed by atoms with Crippen LogP contribution in [0.15, 0.2) is 50.2 Å². The maximum absolute atomic E-state index is 13.4. The highest BCUT2D eigenvalue weighted by atomic mass is 32.2. The van der Waals surface area contributed by atoms with Crippen LogP contribution in [0.3, 0.4) is 0 Å². The molecule has 0 fully saturated rings. The third-order valence-corrected chi connectivity index (χ3v) is 6.45. The molecule has 176 valence electrons. The zero-order valence-corrected chi connectivity index (χ0v) is 19.5. The monoisotopic (exact) mass is 482 g/mol. The Kier molecular flexibility index (Phi) is 6.47. The highest BCUT2D eigenvalue weighted by Gasteiger charge is 2.21. The fourth-order valence-corrected chi connectivity index (χ4v) is 4.55. The predicted molar refractivity (Wildman–Crippen MR) is 126 cm³/mol. The van der Waals surface area contributed by atoms with Crippen molar-refractivity contribution in [1.82, 2.24) is 5.32 Å². The molecule has 0 unspecified atom stereocenters. The van der Waals surface area contributed by atoms with E-state index in [0.717, 1.165) is 16.5 Å². The molecule has 7 nitrogen and oxygen atoms in total. The van der Waals surface area contributed by atoms with Gasteiger partial charge < -0.3 is 24.1 Å². The van der Waals surface area contributed by atoms with Crippen LogP contribution in [-0.2, 0) is 16.0 Å². The first-order valence-corrected chi connectivity index (χ1v) is 11.8. The van der Waals surface area contributed by atoms with Gasteiger partial charge in [-0.1, -0.05) is 12.1 Å². The number of rotatable bonds is 7. The van der Waals surface area contributed by atoms with Crippen molar-refractivity contribution in [1.29, 1.82) is 0 Å². The molecule has 0 spiro atoms. The van der Waals surface area contributed by atoms with Crippen molar-refractivity contribution in [2.75, 3.05) is 12.0 Å². The van der Waals surface area contributed by atoms with Crippen LogP contribution in [0.2, 0.25) is 0 Å². The Morgan fingerprint density at radius 2 is 1.82 bits per heavy atom. The second kappa shape index (κ2) is 9.34. The van der Waals surface area contributed by atoms with Crippen molar-refractivity contribution in [2.24, 2.45) is 0 Å². The minimum Gasteiger partial charge on any atom is -0.548 e. The molecule has 4 aromatic rings. The molecule has 4 rings (SSSR count). The Labute approximate surface area is 197 Å². The fraction of sp³-hybridized carbons (Fsp3) is 0.240. The molecule has 0 aliphatic rings. The summed E-state index contributed by atoms with van der Waals surface area (Å²) in [5.74, 6) is -2.22. The highest BCUT2D eigenvalue weighted by Crippen LogP contribution is 2.37. The first-order chi connectivity index (χ1) is 16.2. The third kappa shape index (κ3) is 4.31. The zero-order chi connectivity index (χ0) is 24.6. The van der Waals surface area contributed by atoms with Crippen LogP contribution in [-0.4, -0.2) is 29.9 Å². The van der Waals surface area contributed by atoms with E-state index in [-0.39, 0.29) is 23.6 Å². The van der Waals surface area contributed by atoms with Gasteiger partial charge in [0.05, 0.1) is 30.3 Å². The van der Waals surface area contributed by atoms with E-state index >= 15 is 0 Å². The number of fused-ring (bicyclic) bond motifs is 2. The molecule has 2 aromatic heterocycles. The molecule has 0 aliphatic carbocycles. The Morgan fingerprint density at radius 3 is 2.47 bits per heavy atom. The van der Waals surface area contributed by atoms with Crippen LogP contribution in [0.25, 0.3) is 33.1 Å². The van der Waals surface area contributed by atoms with Gasteiger partial charge in [-0.3, -0.25) is 4.79 Å². The molecule has 0 radical (unpaired) electrons. The normalized spacial score (nSPS) is 12.2. The Bertz CT molecular complexity index is 1470. The van der Waals surface area contributed by atoms with Crippen LogP contribution < -0.4 is 16.0 Å². The van der Waals surface area contributed by atoms with Crippen molar-refractivity contribution < 1.29 is 27.9 Å². The Hall–Kier alpha value is -3.59. The van der Waals surface area contributed by atoms with Gasteiger partial charge in [0.25, 0.3) is 0 Å². The molecule has 9 heteroatoms. The van der Waals surface area contributed by atoms with Gasteiger partial charge in [0.15, 0.2) is 0 Å². The van der Waals surface area contributed by atoms with Gasteiger partial charge in [-0.15, -0.1) is 0 Å². The molecule has 0 bridgehead atoms. The molecule has 2 aromatic carbocycles. The van der Waals surface area contributed by atoms with Crippen molar-refractivity contribution in [2.45, 2.75) is 26.3 Å². The molecule has 34 heavy (non-hydrogen) atoms. The molecular weight excluding hydrogens is 461 g/mol. The lowest BCUT2D eigenvalue weighted by Crippen LogP contribution is -2.50. The molecule has 0 saturated heterocycles. The SMILES string of the molecule is CSC[C@H](NC(=O)Cc1c(C)c2cc3c(-c4ccc(F)cc4)coc3c(C)c2oc1=O)C(=O)[O-]. The number of hydrogen-bond acceptors (Lipinski definition) is 7. The van der Waals surface area contributed by atoms with Crippen molar-refractivity contribution >= 4 is 45.6 Å². The highest BCUT2D eigenvalue weighted by molar-refractivity contribution is 7.98. The number of halogens is 1. The second-order valence-corrected chi connectivity index (χ2v) is 8.89. The van der Waals surface area contributed by atoms with Gasteiger partial charge in [-0.2, -0.15) is 11.8 Å². The summed E-state index contributed by atoms with van der Waals surface area (Å²) in [6.45, 7) is 3.48. The van der Waals surface area contributed by atoms with E-state index in [0.29, 0.717) is 27.7 Å². The standard InChI is InChI=1S/C25H22FNO6S/c1-12-16-8-18-19(14-4-6-15(26)7-5-14)10-32-22(18)13(2)23(16)33-25(31)17(12)9-21(28)27-20(11-34-3)24(29)30/h4-8,10,20H,9,11H2,1-3H3,(H,27,28)(H,29,30)/p-1/t20-/m0/s1. The molecule has 0 aliphatic heterocycles. The quantitative estimate of drug-likeness (QED) is 0.403. The third-order valence-electron chi connectivity index (χ3n) is 5.79. The van der Waals surface area contributed by atoms with Gasteiger partial charge in [0, 0.05) is 27.7 Å². The molecule has 0 saturated carbocycles. The van der Waals surface area contributed by atoms with E-state index in [9.17, 15) is 23.9 Å². The number of amides is 1. The minimum atomic E-state index is -1.39. The van der Waals surface area contributed by atoms with Crippen molar-refractivity contribution in [3.8, 4) is 11.1 Å². The Balaban J connectivity index is 1.79. The lowest BCUT2D eigenvalue weighted by molar-refractivity contribution is -0.307. The number of carbonyl (C=O) groups is 2. The van der Waals surface area contributed by atoms with E-state index < -0.39 is 23.5 Å². The number of aliphatic carboxylic acids is 1. The summed E-state index contributed by atoms with van der Waals surface area (Å²) in [6, 6.07) is 6.67. The first-order valence-electron chi connectivity index (χ1n) is 10.4. The van der Waals surface area contributed by atoms with E-state index in [1.54, 1.807) is 38.5 Å². The predicted octanol–water partition coefficient (Wildman–Crippen LogP) is 3.10. The minimum absolute atomic E-state index is 0.136. The van der Waals surface area contributed by atoms with E-state index in [1.807, 2.05) is 6.07 Å². The number of carboxylic acid groups (broad SMARTS) is 1. The number of thioether (sulfide) groups is 1. The largest absolute Gasteiger partial charge is 0.548 e. The summed E-state index contributed by atoms with van der Waals surface area (Å²) in [5.41, 5.74) is 3.01. The Morgan fingerprint density at radius 1 is 1.12 bits per heavy atom. The maximum atomic E-state index is 13.4. The van der Waals surface area contributed by atoms with E-state index in [2.05, 4.69) is 5.32 Å². The number of hydrogen-bond donors (Lipinski definition) is 1. The van der Waals surface area contributed by atoms with Crippen molar-refractivity contribution in [3.63, 3.8) is 0 Å². The number of carbonyl (C=O) groups excluding carboxylic acids is 2. The van der Waals surface area contributed by atoms with Gasteiger partial charge in [0.2, 0.25) is 5.91 Å². The van der Waals surface area contributed by atoms with Gasteiger partial charge in [0.1, 0.15) is 17.0 Å². The summed E-state index contributed by atoms with van der Waals surface area (Å²) in [6.07, 6.45) is 2.94. The van der Waals surface area contributed by atoms with E-state index in [1.165, 1.54) is 23.9 Å². The maximum Gasteiger partial charge on any atom is 0.340 e. The summed E-state index contributed by atoms with van der Waals surface area (Å²) in [7, 11) is 0. The fourth-order valence-electron chi connectivity index (χ4n) is 3.99. The van der Waals surface area contributed by atoms with Crippen LogP contribution >= 0.6 is 11.8 Å². The number of carboxylic acids is 1. The number of benzene rings is 2. The number of nitrogens with one attached hydrogen (secondary N) is 1. The number of furan rings is 1. The van der Waals surface area contributed by atoms with Crippen molar-refractivity contribution in [3.05, 3.63) is 69.5 Å². The summed E-state index contributed by atoms with van der Waals surface area (Å²) < 4.78 is 24.7. The number of aryl methyl sites for hydroxylation is 2. The van der Waals surface area contributed by atoms with Gasteiger partial charge >= 0.3 is 5.63 Å². The lowest BCUT2D eigenvalue weighted by atomic mass is 9.97. The van der Waals surface area contributed by atoms with Gasteiger partial charge in [-0.25, -0.2) is 9.18 Å². The average Bonchev–Trinajstić information content (AvgIpc) is 3.22. The van der Waals surface area contributed by atoms with Crippen LogP contribution in [0, 0.1) is 19.7 Å². The van der Waals surface area contributed by atoms with Crippen LogP contribution in [0.4, 0.5) is 4.39 Å². The van der Waals surface area contributed by atoms with E-state index in [4.69, 9.17) is 8.83 Å². The van der Waals surface area contributed by atoms with Gasteiger partial charge in [-0.05, 0) is 49.4 Å². The zero-order valence-electron chi connectivity index (χ0n) is 18.7. The molecular formula is C25H21FNO6S-. The van der Waals surface area contributed by atoms with Crippen LogP contribution in [0.5, 0.6) is 0 Å². The first kappa shape index (κ1) is 23.6. The molecule has 1 N–H and O–H groups in total. The molecule has 1 atom stereocenters.